The van der Waals surface area contributed by atoms with Gasteiger partial charge in [-0.1, -0.05) is 30.3 Å². The second-order valence-corrected chi connectivity index (χ2v) is 7.16. The van der Waals surface area contributed by atoms with Crippen molar-refractivity contribution in [3.63, 3.8) is 0 Å². The van der Waals surface area contributed by atoms with Gasteiger partial charge >= 0.3 is 0 Å². The van der Waals surface area contributed by atoms with Crippen LogP contribution in [0.15, 0.2) is 48.7 Å². The van der Waals surface area contributed by atoms with E-state index in [1.807, 2.05) is 56.4 Å². The zero-order valence-corrected chi connectivity index (χ0v) is 16.7. The summed E-state index contributed by atoms with van der Waals surface area (Å²) in [5.41, 5.74) is 5.32. The number of hydrogen-bond acceptors (Lipinski definition) is 2. The number of rotatable bonds is 7. The van der Waals surface area contributed by atoms with Crippen molar-refractivity contribution in [1.82, 2.24) is 9.88 Å². The third-order valence-corrected chi connectivity index (χ3v) is 5.26. The predicted molar refractivity (Wildman–Crippen MR) is 113 cm³/mol. The number of fused-ring (bicyclic) bond motifs is 1. The third kappa shape index (κ3) is 4.60. The van der Waals surface area contributed by atoms with E-state index in [-0.39, 0.29) is 18.2 Å². The van der Waals surface area contributed by atoms with Gasteiger partial charge in [0, 0.05) is 49.2 Å². The largest absolute Gasteiger partial charge is 0.361 e. The van der Waals surface area contributed by atoms with E-state index in [4.69, 9.17) is 0 Å². The predicted octanol–water partition coefficient (Wildman–Crippen LogP) is 4.20. The normalized spacial score (nSPS) is 10.8. The highest BCUT2D eigenvalue weighted by molar-refractivity contribution is 5.92. The summed E-state index contributed by atoms with van der Waals surface area (Å²) in [5, 5.41) is 4.14. The number of carbonyl (C=O) groups is 2. The van der Waals surface area contributed by atoms with Crippen molar-refractivity contribution < 1.29 is 9.59 Å². The van der Waals surface area contributed by atoms with E-state index in [0.717, 1.165) is 28.8 Å². The number of aromatic amines is 1. The maximum absolute atomic E-state index is 12.4. The van der Waals surface area contributed by atoms with Crippen molar-refractivity contribution >= 4 is 28.4 Å². The molecular formula is C23H27N3O2. The molecule has 146 valence electrons. The molecule has 28 heavy (non-hydrogen) atoms. The van der Waals surface area contributed by atoms with Crippen LogP contribution in [0, 0.1) is 13.8 Å². The molecule has 2 amide bonds. The molecule has 1 heterocycles. The lowest BCUT2D eigenvalue weighted by atomic mass is 10.1. The van der Waals surface area contributed by atoms with Crippen LogP contribution in [0.4, 0.5) is 5.69 Å². The first kappa shape index (κ1) is 19.7. The molecule has 0 bridgehead atoms. The van der Waals surface area contributed by atoms with E-state index in [1.54, 1.807) is 11.8 Å². The fraction of sp³-hybridized carbons (Fsp3) is 0.304. The van der Waals surface area contributed by atoms with Crippen molar-refractivity contribution in [3.05, 3.63) is 65.4 Å². The van der Waals surface area contributed by atoms with E-state index < -0.39 is 0 Å². The van der Waals surface area contributed by atoms with Crippen LogP contribution in [0.1, 0.15) is 30.0 Å². The molecule has 2 aromatic carbocycles. The Labute approximate surface area is 165 Å². The van der Waals surface area contributed by atoms with Gasteiger partial charge in [-0.15, -0.1) is 0 Å². The van der Waals surface area contributed by atoms with Gasteiger partial charge in [-0.2, -0.15) is 0 Å². The number of aromatic nitrogens is 1. The number of amides is 2. The molecule has 3 rings (SSSR count). The minimum atomic E-state index is -0.0768. The van der Waals surface area contributed by atoms with Gasteiger partial charge in [0.25, 0.3) is 0 Å². The lowest BCUT2D eigenvalue weighted by Gasteiger charge is -2.21. The number of aryl methyl sites for hydroxylation is 1. The first-order chi connectivity index (χ1) is 13.5. The van der Waals surface area contributed by atoms with Crippen molar-refractivity contribution in [2.75, 3.05) is 18.4 Å². The van der Waals surface area contributed by atoms with Crippen LogP contribution in [0.2, 0.25) is 0 Å². The molecule has 0 radical (unpaired) electrons. The lowest BCUT2D eigenvalue weighted by Crippen LogP contribution is -2.33. The smallest absolute Gasteiger partial charge is 0.226 e. The highest BCUT2D eigenvalue weighted by atomic mass is 16.2. The van der Waals surface area contributed by atoms with Crippen LogP contribution in [-0.4, -0.2) is 34.8 Å². The topological polar surface area (TPSA) is 65.2 Å². The molecule has 0 atom stereocenters. The number of carbonyl (C=O) groups excluding carboxylic acids is 2. The van der Waals surface area contributed by atoms with E-state index in [2.05, 4.69) is 16.4 Å². The van der Waals surface area contributed by atoms with Gasteiger partial charge in [-0.05, 0) is 49.1 Å². The molecule has 0 spiro atoms. The molecule has 5 nitrogen and oxygen atoms in total. The number of nitrogens with one attached hydrogen (secondary N) is 2. The Balaban J connectivity index is 1.56. The van der Waals surface area contributed by atoms with E-state index in [0.29, 0.717) is 13.1 Å². The van der Waals surface area contributed by atoms with Crippen molar-refractivity contribution in [3.8, 4) is 0 Å². The summed E-state index contributed by atoms with van der Waals surface area (Å²) in [6, 6.07) is 14.0. The molecule has 0 saturated carbocycles. The lowest BCUT2D eigenvalue weighted by molar-refractivity contribution is -0.129. The molecule has 0 fully saturated rings. The van der Waals surface area contributed by atoms with Gasteiger partial charge in [0.1, 0.15) is 0 Å². The highest BCUT2D eigenvalue weighted by Crippen LogP contribution is 2.19. The minimum absolute atomic E-state index is 0.0145. The minimum Gasteiger partial charge on any atom is -0.361 e. The van der Waals surface area contributed by atoms with Crippen LogP contribution >= 0.6 is 0 Å². The number of anilines is 1. The molecular weight excluding hydrogens is 350 g/mol. The summed E-state index contributed by atoms with van der Waals surface area (Å²) in [6.07, 6.45) is 3.03. The Kier molecular flexibility index (Phi) is 6.14. The van der Waals surface area contributed by atoms with Gasteiger partial charge in [-0.3, -0.25) is 9.59 Å². The standard InChI is InChI=1S/C23H27N3O2/c1-16-7-6-10-21(17(16)2)25-23(28)12-14-26(18(3)27)13-11-19-15-24-22-9-5-4-8-20(19)22/h4-10,15,24H,11-14H2,1-3H3,(H,25,28). The highest BCUT2D eigenvalue weighted by Gasteiger charge is 2.13. The molecule has 1 aromatic heterocycles. The van der Waals surface area contributed by atoms with Gasteiger partial charge in [0.15, 0.2) is 0 Å². The van der Waals surface area contributed by atoms with Crippen molar-refractivity contribution in [2.45, 2.75) is 33.6 Å². The Morgan fingerprint density at radius 3 is 2.61 bits per heavy atom. The van der Waals surface area contributed by atoms with Gasteiger partial charge in [0.2, 0.25) is 11.8 Å². The van der Waals surface area contributed by atoms with Gasteiger partial charge < -0.3 is 15.2 Å². The van der Waals surface area contributed by atoms with Crippen molar-refractivity contribution in [1.29, 1.82) is 0 Å². The summed E-state index contributed by atoms with van der Waals surface area (Å²) in [5.74, 6) is -0.0913. The number of H-pyrrole nitrogens is 1. The molecule has 5 heteroatoms. The van der Waals surface area contributed by atoms with Crippen LogP contribution in [0.5, 0.6) is 0 Å². The molecule has 0 saturated heterocycles. The fourth-order valence-electron chi connectivity index (χ4n) is 3.36. The second kappa shape index (κ2) is 8.74. The van der Waals surface area contributed by atoms with Crippen LogP contribution in [0.25, 0.3) is 10.9 Å². The Bertz CT molecular complexity index is 990. The Morgan fingerprint density at radius 1 is 1.04 bits per heavy atom. The molecule has 3 aromatic rings. The molecule has 0 aliphatic carbocycles. The second-order valence-electron chi connectivity index (χ2n) is 7.16. The first-order valence-corrected chi connectivity index (χ1v) is 9.62. The maximum Gasteiger partial charge on any atom is 0.226 e. The Hall–Kier alpha value is -3.08. The maximum atomic E-state index is 12.4. The summed E-state index contributed by atoms with van der Waals surface area (Å²) in [4.78, 5) is 29.4. The van der Waals surface area contributed by atoms with E-state index in [1.165, 1.54) is 10.9 Å². The Morgan fingerprint density at radius 2 is 1.82 bits per heavy atom. The van der Waals surface area contributed by atoms with Crippen molar-refractivity contribution in [2.24, 2.45) is 0 Å². The van der Waals surface area contributed by atoms with Crippen LogP contribution < -0.4 is 5.32 Å². The van der Waals surface area contributed by atoms with E-state index >= 15 is 0 Å². The first-order valence-electron chi connectivity index (χ1n) is 9.62. The number of para-hydroxylation sites is 1. The average molecular weight is 377 g/mol. The average Bonchev–Trinajstić information content (AvgIpc) is 3.08. The molecule has 2 N–H and O–H groups in total. The number of nitrogens with zero attached hydrogens (tertiary/aromatic N) is 1. The summed E-state index contributed by atoms with van der Waals surface area (Å²) >= 11 is 0. The summed E-state index contributed by atoms with van der Waals surface area (Å²) in [7, 11) is 0. The van der Waals surface area contributed by atoms with Gasteiger partial charge in [-0.25, -0.2) is 0 Å². The van der Waals surface area contributed by atoms with Gasteiger partial charge in [0.05, 0.1) is 0 Å². The molecule has 0 aliphatic heterocycles. The SMILES string of the molecule is CC(=O)N(CCC(=O)Nc1cccc(C)c1C)CCc1c[nH]c2ccccc12. The van der Waals surface area contributed by atoms with E-state index in [9.17, 15) is 9.59 Å². The summed E-state index contributed by atoms with van der Waals surface area (Å²) < 4.78 is 0. The van der Waals surface area contributed by atoms with Crippen LogP contribution in [-0.2, 0) is 16.0 Å². The monoisotopic (exact) mass is 377 g/mol. The number of hydrogen-bond donors (Lipinski definition) is 2. The fourth-order valence-corrected chi connectivity index (χ4v) is 3.36. The summed E-state index contributed by atoms with van der Waals surface area (Å²) in [6.45, 7) is 6.57. The zero-order chi connectivity index (χ0) is 20.1. The zero-order valence-electron chi connectivity index (χ0n) is 16.7. The third-order valence-electron chi connectivity index (χ3n) is 5.26. The number of benzene rings is 2. The molecule has 0 aliphatic rings. The molecule has 0 unspecified atom stereocenters. The van der Waals surface area contributed by atoms with Crippen LogP contribution in [0.3, 0.4) is 0 Å². The quantitative estimate of drug-likeness (QED) is 0.648.